The van der Waals surface area contributed by atoms with E-state index in [9.17, 15) is 0 Å². The van der Waals surface area contributed by atoms with Gasteiger partial charge in [0.15, 0.2) is 0 Å². The van der Waals surface area contributed by atoms with Crippen LogP contribution in [0.15, 0.2) is 53.5 Å². The first-order valence-electron chi connectivity index (χ1n) is 6.38. The van der Waals surface area contributed by atoms with E-state index in [2.05, 4.69) is 36.4 Å². The molecule has 4 rings (SSSR count). The molecule has 1 nitrogen and oxygen atoms in total. The Hall–Kier alpha value is -1.25. The van der Waals surface area contributed by atoms with Crippen molar-refractivity contribution < 1.29 is 0 Å². The smallest absolute Gasteiger partial charge is 0.121 e. The van der Waals surface area contributed by atoms with Gasteiger partial charge in [-0.15, -0.1) is 11.8 Å². The van der Waals surface area contributed by atoms with Crippen molar-refractivity contribution in [1.82, 2.24) is 0 Å². The van der Waals surface area contributed by atoms with Crippen LogP contribution in [0.4, 0.5) is 0 Å². The van der Waals surface area contributed by atoms with Crippen LogP contribution in [0.25, 0.3) is 0 Å². The van der Waals surface area contributed by atoms with Crippen molar-refractivity contribution in [2.45, 2.75) is 17.0 Å². The Morgan fingerprint density at radius 2 is 1.95 bits per heavy atom. The number of benzene rings is 2. The van der Waals surface area contributed by atoms with Gasteiger partial charge in [-0.25, -0.2) is 0 Å². The van der Waals surface area contributed by atoms with E-state index in [-0.39, 0.29) is 5.37 Å². The van der Waals surface area contributed by atoms with Crippen molar-refractivity contribution in [2.24, 2.45) is 4.99 Å². The Labute approximate surface area is 121 Å². The second kappa shape index (κ2) is 4.39. The highest BCUT2D eigenvalue weighted by atomic mass is 35.5. The lowest BCUT2D eigenvalue weighted by molar-refractivity contribution is 1.05. The summed E-state index contributed by atoms with van der Waals surface area (Å²) < 4.78 is 0. The molecule has 0 amide bonds. The molecule has 2 unspecified atom stereocenters. The average Bonchev–Trinajstić information content (AvgIpc) is 2.96. The van der Waals surface area contributed by atoms with E-state index in [4.69, 9.17) is 16.6 Å². The molecule has 0 saturated carbocycles. The van der Waals surface area contributed by atoms with Gasteiger partial charge in [0.1, 0.15) is 5.37 Å². The van der Waals surface area contributed by atoms with Gasteiger partial charge in [0.25, 0.3) is 0 Å². The molecule has 2 aromatic rings. The lowest BCUT2D eigenvalue weighted by Gasteiger charge is -2.09. The molecule has 0 N–H and O–H groups in total. The largest absolute Gasteiger partial charge is 0.269 e. The fourth-order valence-electron chi connectivity index (χ4n) is 2.80. The van der Waals surface area contributed by atoms with Gasteiger partial charge >= 0.3 is 0 Å². The fourth-order valence-corrected chi connectivity index (χ4v) is 4.39. The first-order valence-corrected chi connectivity index (χ1v) is 7.70. The van der Waals surface area contributed by atoms with Gasteiger partial charge in [-0.3, -0.25) is 4.99 Å². The molecule has 0 saturated heterocycles. The van der Waals surface area contributed by atoms with Crippen LogP contribution < -0.4 is 0 Å². The molecule has 1 aliphatic carbocycles. The summed E-state index contributed by atoms with van der Waals surface area (Å²) >= 11 is 8.01. The van der Waals surface area contributed by atoms with Crippen LogP contribution in [-0.2, 0) is 6.42 Å². The van der Waals surface area contributed by atoms with Crippen LogP contribution in [-0.4, -0.2) is 11.0 Å². The van der Waals surface area contributed by atoms with Gasteiger partial charge in [-0.1, -0.05) is 48.0 Å². The maximum atomic E-state index is 6.06. The van der Waals surface area contributed by atoms with Crippen LogP contribution in [0, 0.1) is 0 Å². The van der Waals surface area contributed by atoms with E-state index in [1.807, 2.05) is 23.9 Å². The zero-order chi connectivity index (χ0) is 12.8. The minimum Gasteiger partial charge on any atom is -0.269 e. The van der Waals surface area contributed by atoms with E-state index in [0.717, 1.165) is 11.4 Å². The summed E-state index contributed by atoms with van der Waals surface area (Å²) in [6, 6.07) is 16.7. The Balaban J connectivity index is 1.73. The quantitative estimate of drug-likeness (QED) is 0.751. The molecule has 2 aromatic carbocycles. The Morgan fingerprint density at radius 1 is 1.11 bits per heavy atom. The highest BCUT2D eigenvalue weighted by molar-refractivity contribution is 8.01. The Bertz CT molecular complexity index is 666. The molecule has 0 radical (unpaired) electrons. The van der Waals surface area contributed by atoms with Crippen molar-refractivity contribution in [3.05, 3.63) is 70.2 Å². The van der Waals surface area contributed by atoms with Gasteiger partial charge in [0.2, 0.25) is 0 Å². The van der Waals surface area contributed by atoms with Crippen LogP contribution >= 0.6 is 23.4 Å². The maximum Gasteiger partial charge on any atom is 0.121 e. The van der Waals surface area contributed by atoms with E-state index in [1.165, 1.54) is 22.4 Å². The molecule has 1 heterocycles. The number of halogens is 1. The van der Waals surface area contributed by atoms with Crippen LogP contribution in [0.1, 0.15) is 22.1 Å². The molecule has 0 aromatic heterocycles. The van der Waals surface area contributed by atoms with E-state index >= 15 is 0 Å². The number of hydrogen-bond donors (Lipinski definition) is 0. The SMILES string of the molecule is Clc1ccc2c(c1)CC1SC(c3ccccc3)N=C21. The topological polar surface area (TPSA) is 12.4 Å². The summed E-state index contributed by atoms with van der Waals surface area (Å²) in [6.45, 7) is 0. The number of aliphatic imine (C=N–C) groups is 1. The molecule has 0 bridgehead atoms. The molecule has 19 heavy (non-hydrogen) atoms. The van der Waals surface area contributed by atoms with Crippen molar-refractivity contribution in [1.29, 1.82) is 0 Å². The molecule has 3 heteroatoms. The summed E-state index contributed by atoms with van der Waals surface area (Å²) in [5, 5.41) is 1.58. The molecular weight excluding hydrogens is 274 g/mol. The highest BCUT2D eigenvalue weighted by Gasteiger charge is 2.36. The summed E-state index contributed by atoms with van der Waals surface area (Å²) in [4.78, 5) is 4.93. The molecule has 94 valence electrons. The minimum atomic E-state index is 0.255. The van der Waals surface area contributed by atoms with E-state index in [1.54, 1.807) is 0 Å². The zero-order valence-electron chi connectivity index (χ0n) is 10.2. The first kappa shape index (κ1) is 11.6. The Kier molecular flexibility index (Phi) is 2.68. The van der Waals surface area contributed by atoms with Crippen LogP contribution in [0.3, 0.4) is 0 Å². The summed E-state index contributed by atoms with van der Waals surface area (Å²) in [5.41, 5.74) is 5.19. The van der Waals surface area contributed by atoms with Gasteiger partial charge in [-0.05, 0) is 29.7 Å². The fraction of sp³-hybridized carbons (Fsp3) is 0.188. The number of thioether (sulfide) groups is 1. The van der Waals surface area contributed by atoms with Gasteiger partial charge < -0.3 is 0 Å². The second-order valence-corrected chi connectivity index (χ2v) is 6.63. The van der Waals surface area contributed by atoms with E-state index < -0.39 is 0 Å². The number of nitrogens with zero attached hydrogens (tertiary/aromatic N) is 1. The highest BCUT2D eigenvalue weighted by Crippen LogP contribution is 2.46. The molecule has 2 atom stereocenters. The third-order valence-electron chi connectivity index (χ3n) is 3.69. The summed E-state index contributed by atoms with van der Waals surface area (Å²) in [5.74, 6) is 0. The minimum absolute atomic E-state index is 0.255. The van der Waals surface area contributed by atoms with Crippen molar-refractivity contribution in [2.75, 3.05) is 0 Å². The van der Waals surface area contributed by atoms with Crippen molar-refractivity contribution in [3.63, 3.8) is 0 Å². The van der Waals surface area contributed by atoms with Gasteiger partial charge in [0.05, 0.1) is 11.0 Å². The predicted octanol–water partition coefficient (Wildman–Crippen LogP) is 4.50. The third kappa shape index (κ3) is 1.90. The lowest BCUT2D eigenvalue weighted by Crippen LogP contribution is -2.06. The van der Waals surface area contributed by atoms with Crippen LogP contribution in [0.2, 0.25) is 5.02 Å². The lowest BCUT2D eigenvalue weighted by atomic mass is 10.1. The van der Waals surface area contributed by atoms with Crippen LogP contribution in [0.5, 0.6) is 0 Å². The molecule has 0 fully saturated rings. The average molecular weight is 286 g/mol. The Morgan fingerprint density at radius 3 is 2.79 bits per heavy atom. The summed E-state index contributed by atoms with van der Waals surface area (Å²) in [7, 11) is 0. The van der Waals surface area contributed by atoms with Crippen molar-refractivity contribution in [3.8, 4) is 0 Å². The monoisotopic (exact) mass is 285 g/mol. The third-order valence-corrected chi connectivity index (χ3v) is 5.28. The number of hydrogen-bond acceptors (Lipinski definition) is 2. The number of fused-ring (bicyclic) bond motifs is 3. The van der Waals surface area contributed by atoms with Crippen molar-refractivity contribution >= 4 is 29.1 Å². The second-order valence-electron chi connectivity index (χ2n) is 4.91. The normalized spacial score (nSPS) is 23.9. The standard InChI is InChI=1S/C16H12ClNS/c17-12-6-7-13-11(8-12)9-14-15(13)18-16(19-14)10-4-2-1-3-5-10/h1-8,14,16H,9H2. The molecule has 2 aliphatic rings. The first-order chi connectivity index (χ1) is 9.31. The molecule has 1 aliphatic heterocycles. The zero-order valence-corrected chi connectivity index (χ0v) is 11.8. The molecule has 0 spiro atoms. The van der Waals surface area contributed by atoms with Gasteiger partial charge in [-0.2, -0.15) is 0 Å². The van der Waals surface area contributed by atoms with Gasteiger partial charge in [0, 0.05) is 10.6 Å². The number of rotatable bonds is 1. The summed E-state index contributed by atoms with van der Waals surface area (Å²) in [6.07, 6.45) is 1.06. The predicted molar refractivity (Wildman–Crippen MR) is 82.3 cm³/mol. The maximum absolute atomic E-state index is 6.06. The van der Waals surface area contributed by atoms with E-state index in [0.29, 0.717) is 5.25 Å². The molecular formula is C16H12ClNS.